The number of aryl methyl sites for hydroxylation is 2. The van der Waals surface area contributed by atoms with Gasteiger partial charge in [-0.3, -0.25) is 0 Å². The van der Waals surface area contributed by atoms with E-state index in [4.69, 9.17) is 11.6 Å². The summed E-state index contributed by atoms with van der Waals surface area (Å²) >= 11 is 7.68. The minimum Gasteiger partial charge on any atom is -0.378 e. The number of halogens is 2. The Balaban J connectivity index is 1.88. The van der Waals surface area contributed by atoms with Crippen molar-refractivity contribution in [2.45, 2.75) is 25.8 Å². The summed E-state index contributed by atoms with van der Waals surface area (Å²) in [5, 5.41) is 3.43. The highest BCUT2D eigenvalue weighted by Crippen LogP contribution is 2.41. The Labute approximate surface area is 115 Å². The topological polar surface area (TPSA) is 12.0 Å². The Hall–Kier alpha value is -1.06. The van der Waals surface area contributed by atoms with Gasteiger partial charge in [-0.2, -0.15) is 0 Å². The molecule has 4 heteroatoms. The van der Waals surface area contributed by atoms with Crippen molar-refractivity contribution in [2.75, 3.05) is 5.32 Å². The van der Waals surface area contributed by atoms with Gasteiger partial charge in [0.2, 0.25) is 0 Å². The average Bonchev–Trinajstić information content (AvgIpc) is 2.84. The Bertz CT molecular complexity index is 593. The van der Waals surface area contributed by atoms with Gasteiger partial charge >= 0.3 is 0 Å². The number of rotatable bonds is 2. The first-order valence-electron chi connectivity index (χ1n) is 5.94. The van der Waals surface area contributed by atoms with Gasteiger partial charge in [-0.15, -0.1) is 11.3 Å². The fourth-order valence-corrected chi connectivity index (χ4v) is 3.77. The molecule has 1 aromatic carbocycles. The number of nitrogens with one attached hydrogen (secondary N) is 1. The van der Waals surface area contributed by atoms with Crippen LogP contribution in [0.1, 0.15) is 28.5 Å². The van der Waals surface area contributed by atoms with Crippen molar-refractivity contribution in [3.63, 3.8) is 0 Å². The van der Waals surface area contributed by atoms with Gasteiger partial charge in [0, 0.05) is 10.6 Å². The van der Waals surface area contributed by atoms with Crippen LogP contribution in [0.2, 0.25) is 4.34 Å². The molecule has 2 aromatic rings. The first-order chi connectivity index (χ1) is 8.63. The molecular weight excluding hydrogens is 269 g/mol. The van der Waals surface area contributed by atoms with E-state index in [0.717, 1.165) is 28.4 Å². The fourth-order valence-electron chi connectivity index (χ4n) is 2.42. The molecule has 0 radical (unpaired) electrons. The largest absolute Gasteiger partial charge is 0.378 e. The van der Waals surface area contributed by atoms with E-state index in [-0.39, 0.29) is 11.9 Å². The normalized spacial score (nSPS) is 17.8. The van der Waals surface area contributed by atoms with Crippen LogP contribution in [0.4, 0.5) is 10.1 Å². The van der Waals surface area contributed by atoms with Gasteiger partial charge in [0.05, 0.1) is 10.4 Å². The molecule has 1 aliphatic carbocycles. The van der Waals surface area contributed by atoms with Gasteiger partial charge in [0.25, 0.3) is 0 Å². The highest BCUT2D eigenvalue weighted by molar-refractivity contribution is 7.16. The molecule has 0 amide bonds. The van der Waals surface area contributed by atoms with E-state index < -0.39 is 0 Å². The van der Waals surface area contributed by atoms with E-state index in [1.165, 1.54) is 16.5 Å². The van der Waals surface area contributed by atoms with E-state index >= 15 is 0 Å². The Morgan fingerprint density at radius 2 is 2.22 bits per heavy atom. The minimum absolute atomic E-state index is 0.204. The first-order valence-corrected chi connectivity index (χ1v) is 7.14. The zero-order valence-corrected chi connectivity index (χ0v) is 11.5. The van der Waals surface area contributed by atoms with Crippen molar-refractivity contribution in [1.29, 1.82) is 0 Å². The van der Waals surface area contributed by atoms with Crippen LogP contribution in [-0.2, 0) is 6.42 Å². The molecule has 1 N–H and O–H groups in total. The maximum Gasteiger partial charge on any atom is 0.125 e. The lowest BCUT2D eigenvalue weighted by Gasteiger charge is -2.16. The average molecular weight is 282 g/mol. The van der Waals surface area contributed by atoms with Crippen molar-refractivity contribution in [1.82, 2.24) is 0 Å². The van der Waals surface area contributed by atoms with Crippen LogP contribution in [0.3, 0.4) is 0 Å². The molecular formula is C14H13ClFNS. The monoisotopic (exact) mass is 281 g/mol. The molecule has 1 aromatic heterocycles. The van der Waals surface area contributed by atoms with Crippen LogP contribution >= 0.6 is 22.9 Å². The molecule has 94 valence electrons. The lowest BCUT2D eigenvalue weighted by Crippen LogP contribution is -2.08. The second-order valence-electron chi connectivity index (χ2n) is 4.62. The quantitative estimate of drug-likeness (QED) is 0.821. The van der Waals surface area contributed by atoms with E-state index in [1.807, 2.05) is 13.0 Å². The predicted molar refractivity (Wildman–Crippen MR) is 75.2 cm³/mol. The van der Waals surface area contributed by atoms with E-state index in [9.17, 15) is 4.39 Å². The summed E-state index contributed by atoms with van der Waals surface area (Å²) < 4.78 is 14.1. The third kappa shape index (κ3) is 2.13. The Morgan fingerprint density at radius 1 is 1.39 bits per heavy atom. The second-order valence-corrected chi connectivity index (χ2v) is 6.39. The van der Waals surface area contributed by atoms with Gasteiger partial charge in [-0.05, 0) is 49.1 Å². The lowest BCUT2D eigenvalue weighted by molar-refractivity contribution is 0.627. The zero-order chi connectivity index (χ0) is 12.7. The molecule has 18 heavy (non-hydrogen) atoms. The van der Waals surface area contributed by atoms with Crippen molar-refractivity contribution < 1.29 is 4.39 Å². The van der Waals surface area contributed by atoms with Gasteiger partial charge in [0.1, 0.15) is 5.82 Å². The molecule has 1 atom stereocenters. The number of anilines is 1. The SMILES string of the molecule is Cc1ccc(F)cc1NC1CCc2sc(Cl)cc21. The zero-order valence-electron chi connectivity index (χ0n) is 9.97. The first kappa shape index (κ1) is 12.0. The standard InChI is InChI=1S/C14H13ClFNS/c1-8-2-3-9(16)6-12(8)17-11-4-5-13-10(11)7-14(15)18-13/h2-3,6-7,11,17H,4-5H2,1H3. The van der Waals surface area contributed by atoms with Gasteiger partial charge < -0.3 is 5.32 Å². The number of fused-ring (bicyclic) bond motifs is 1. The third-order valence-electron chi connectivity index (χ3n) is 3.38. The maximum absolute atomic E-state index is 13.3. The third-order valence-corrected chi connectivity index (χ3v) is 4.72. The van der Waals surface area contributed by atoms with Crippen LogP contribution in [0.15, 0.2) is 24.3 Å². The van der Waals surface area contributed by atoms with Crippen molar-refractivity contribution in [3.8, 4) is 0 Å². The molecule has 1 aliphatic rings. The molecule has 1 nitrogen and oxygen atoms in total. The minimum atomic E-state index is -0.204. The molecule has 0 saturated carbocycles. The van der Waals surface area contributed by atoms with E-state index in [0.29, 0.717) is 0 Å². The summed E-state index contributed by atoms with van der Waals surface area (Å²) in [6, 6.07) is 7.13. The van der Waals surface area contributed by atoms with Crippen LogP contribution in [0.5, 0.6) is 0 Å². The molecule has 0 spiro atoms. The van der Waals surface area contributed by atoms with Crippen LogP contribution < -0.4 is 5.32 Å². The van der Waals surface area contributed by atoms with Crippen LogP contribution in [0, 0.1) is 12.7 Å². The smallest absolute Gasteiger partial charge is 0.125 e. The van der Waals surface area contributed by atoms with Crippen molar-refractivity contribution in [2.24, 2.45) is 0 Å². The van der Waals surface area contributed by atoms with Gasteiger partial charge in [-0.25, -0.2) is 4.39 Å². The molecule has 0 aliphatic heterocycles. The Kier molecular flexibility index (Phi) is 3.04. The number of benzene rings is 1. The number of hydrogen-bond acceptors (Lipinski definition) is 2. The molecule has 0 fully saturated rings. The second kappa shape index (κ2) is 4.56. The summed E-state index contributed by atoms with van der Waals surface area (Å²) in [5.41, 5.74) is 3.20. The van der Waals surface area contributed by atoms with E-state index in [2.05, 4.69) is 5.32 Å². The van der Waals surface area contributed by atoms with Crippen LogP contribution in [-0.4, -0.2) is 0 Å². The Morgan fingerprint density at radius 3 is 3.06 bits per heavy atom. The highest BCUT2D eigenvalue weighted by Gasteiger charge is 2.25. The summed E-state index contributed by atoms with van der Waals surface area (Å²) in [6.07, 6.45) is 2.10. The van der Waals surface area contributed by atoms with Gasteiger partial charge in [0.15, 0.2) is 0 Å². The molecule has 0 saturated heterocycles. The lowest BCUT2D eigenvalue weighted by atomic mass is 10.1. The van der Waals surface area contributed by atoms with E-state index in [1.54, 1.807) is 23.5 Å². The van der Waals surface area contributed by atoms with Crippen molar-refractivity contribution in [3.05, 3.63) is 50.4 Å². The number of thiophene rings is 1. The molecule has 3 rings (SSSR count). The van der Waals surface area contributed by atoms with Gasteiger partial charge in [-0.1, -0.05) is 17.7 Å². The number of hydrogen-bond donors (Lipinski definition) is 1. The summed E-state index contributed by atoms with van der Waals surface area (Å²) in [6.45, 7) is 1.98. The fraction of sp³-hybridized carbons (Fsp3) is 0.286. The predicted octanol–water partition coefficient (Wildman–Crippen LogP) is 4.95. The maximum atomic E-state index is 13.3. The summed E-state index contributed by atoms with van der Waals surface area (Å²) in [4.78, 5) is 1.35. The van der Waals surface area contributed by atoms with Crippen LogP contribution in [0.25, 0.3) is 0 Å². The molecule has 1 unspecified atom stereocenters. The highest BCUT2D eigenvalue weighted by atomic mass is 35.5. The summed E-state index contributed by atoms with van der Waals surface area (Å²) in [5.74, 6) is -0.204. The molecule has 0 bridgehead atoms. The van der Waals surface area contributed by atoms with Crippen molar-refractivity contribution >= 4 is 28.6 Å². The molecule has 1 heterocycles. The summed E-state index contributed by atoms with van der Waals surface area (Å²) in [7, 11) is 0.